The lowest BCUT2D eigenvalue weighted by atomic mass is 10.0. The smallest absolute Gasteiger partial charge is 0.0397 e. The van der Waals surface area contributed by atoms with Gasteiger partial charge in [-0.05, 0) is 11.2 Å². The lowest BCUT2D eigenvalue weighted by Crippen LogP contribution is -2.11. The summed E-state index contributed by atoms with van der Waals surface area (Å²) in [5.41, 5.74) is 0.475. The minimum Gasteiger partial charge on any atom is -0.151 e. The van der Waals surface area contributed by atoms with Crippen molar-refractivity contribution in [2.45, 2.75) is 46.3 Å². The van der Waals surface area contributed by atoms with E-state index in [4.69, 9.17) is 0 Å². The first-order chi connectivity index (χ1) is 5.21. The van der Waals surface area contributed by atoms with Gasteiger partial charge in [0.05, 0.1) is 0 Å². The fourth-order valence-corrected chi connectivity index (χ4v) is 3.26. The van der Waals surface area contributed by atoms with Gasteiger partial charge < -0.3 is 0 Å². The van der Waals surface area contributed by atoms with Crippen LogP contribution in [0.15, 0.2) is 0 Å². The average molecular weight is 206 g/mol. The van der Waals surface area contributed by atoms with E-state index in [1.807, 2.05) is 11.8 Å². The SMILES string of the molecule is CC(C)(C)CSCSC(C)(C)C. The van der Waals surface area contributed by atoms with Crippen molar-refractivity contribution in [1.82, 2.24) is 0 Å². The van der Waals surface area contributed by atoms with Crippen molar-refractivity contribution in [2.24, 2.45) is 5.41 Å². The largest absolute Gasteiger partial charge is 0.151 e. The van der Waals surface area contributed by atoms with Gasteiger partial charge in [-0.25, -0.2) is 0 Å². The van der Waals surface area contributed by atoms with Crippen LogP contribution in [0.4, 0.5) is 0 Å². The quantitative estimate of drug-likeness (QED) is 0.500. The van der Waals surface area contributed by atoms with Crippen molar-refractivity contribution < 1.29 is 0 Å². The van der Waals surface area contributed by atoms with Crippen LogP contribution in [0.3, 0.4) is 0 Å². The fraction of sp³-hybridized carbons (Fsp3) is 1.00. The van der Waals surface area contributed by atoms with E-state index in [1.54, 1.807) is 0 Å². The molecule has 0 fully saturated rings. The second-order valence-corrected chi connectivity index (χ2v) is 8.44. The molecule has 12 heavy (non-hydrogen) atoms. The van der Waals surface area contributed by atoms with E-state index in [2.05, 4.69) is 53.3 Å². The van der Waals surface area contributed by atoms with E-state index in [-0.39, 0.29) is 0 Å². The molecule has 0 unspecified atom stereocenters. The first kappa shape index (κ1) is 12.7. The Labute approximate surface area is 86.3 Å². The van der Waals surface area contributed by atoms with Crippen molar-refractivity contribution in [3.63, 3.8) is 0 Å². The van der Waals surface area contributed by atoms with E-state index < -0.39 is 0 Å². The molecule has 0 saturated heterocycles. The molecule has 0 rings (SSSR count). The van der Waals surface area contributed by atoms with Crippen LogP contribution in [-0.4, -0.2) is 15.6 Å². The van der Waals surface area contributed by atoms with Crippen LogP contribution in [0, 0.1) is 5.41 Å². The molecule has 0 saturated carbocycles. The zero-order valence-electron chi connectivity index (χ0n) is 9.23. The van der Waals surface area contributed by atoms with Crippen molar-refractivity contribution >= 4 is 23.5 Å². The first-order valence-corrected chi connectivity index (χ1v) is 6.56. The summed E-state index contributed by atoms with van der Waals surface area (Å²) in [4.78, 5) is 0. The molecule has 0 amide bonds. The van der Waals surface area contributed by atoms with Gasteiger partial charge in [0.1, 0.15) is 0 Å². The lowest BCUT2D eigenvalue weighted by molar-refractivity contribution is 0.481. The lowest BCUT2D eigenvalue weighted by Gasteiger charge is -2.20. The maximum Gasteiger partial charge on any atom is 0.0397 e. The fourth-order valence-electron chi connectivity index (χ4n) is 0.566. The molecule has 0 atom stereocenters. The third-order valence-corrected chi connectivity index (χ3v) is 4.18. The summed E-state index contributed by atoms with van der Waals surface area (Å²) in [6.45, 7) is 13.7. The minimum atomic E-state index is 0.422. The monoisotopic (exact) mass is 206 g/mol. The predicted molar refractivity (Wildman–Crippen MR) is 64.1 cm³/mol. The van der Waals surface area contributed by atoms with Gasteiger partial charge in [0.2, 0.25) is 0 Å². The molecule has 0 aromatic rings. The van der Waals surface area contributed by atoms with E-state index in [1.165, 1.54) is 10.8 Å². The molecular weight excluding hydrogens is 184 g/mol. The van der Waals surface area contributed by atoms with Gasteiger partial charge in [-0.15, -0.1) is 11.8 Å². The van der Waals surface area contributed by atoms with Crippen LogP contribution >= 0.6 is 23.5 Å². The molecule has 0 heterocycles. The normalized spacial score (nSPS) is 13.5. The van der Waals surface area contributed by atoms with Crippen LogP contribution in [0.2, 0.25) is 0 Å². The summed E-state index contributed by atoms with van der Waals surface area (Å²) < 4.78 is 0.422. The number of rotatable bonds is 3. The molecule has 0 spiro atoms. The van der Waals surface area contributed by atoms with Gasteiger partial charge in [-0.1, -0.05) is 41.5 Å². The highest BCUT2D eigenvalue weighted by Crippen LogP contribution is 2.29. The Morgan fingerprint density at radius 2 is 1.42 bits per heavy atom. The highest BCUT2D eigenvalue weighted by Gasteiger charge is 2.13. The van der Waals surface area contributed by atoms with Crippen molar-refractivity contribution in [1.29, 1.82) is 0 Å². The summed E-state index contributed by atoms with van der Waals surface area (Å²) in [5, 5.41) is 1.22. The third kappa shape index (κ3) is 10.7. The zero-order chi connectivity index (χ0) is 9.83. The zero-order valence-corrected chi connectivity index (χ0v) is 10.9. The summed E-state index contributed by atoms with van der Waals surface area (Å²) in [6.07, 6.45) is 0. The number of hydrogen-bond acceptors (Lipinski definition) is 2. The number of hydrogen-bond donors (Lipinski definition) is 0. The van der Waals surface area contributed by atoms with Crippen molar-refractivity contribution in [3.05, 3.63) is 0 Å². The maximum absolute atomic E-state index is 2.29. The molecule has 0 aliphatic heterocycles. The Morgan fingerprint density at radius 3 is 1.75 bits per heavy atom. The molecule has 0 radical (unpaired) electrons. The standard InChI is InChI=1S/C10H22S2/c1-9(2,3)7-11-8-12-10(4,5)6/h7-8H2,1-6H3. The summed E-state index contributed by atoms with van der Waals surface area (Å²) >= 11 is 4.09. The van der Waals surface area contributed by atoms with Gasteiger partial charge in [-0.3, -0.25) is 0 Å². The van der Waals surface area contributed by atoms with Gasteiger partial charge >= 0.3 is 0 Å². The van der Waals surface area contributed by atoms with E-state index in [0.29, 0.717) is 10.2 Å². The molecule has 0 aromatic heterocycles. The van der Waals surface area contributed by atoms with Crippen molar-refractivity contribution in [2.75, 3.05) is 10.8 Å². The molecule has 0 N–H and O–H groups in total. The average Bonchev–Trinajstić information content (AvgIpc) is 1.76. The van der Waals surface area contributed by atoms with E-state index in [9.17, 15) is 0 Å². The molecule has 2 heteroatoms. The second-order valence-electron chi connectivity index (χ2n) is 5.28. The molecule has 0 aliphatic carbocycles. The van der Waals surface area contributed by atoms with Crippen LogP contribution in [0.5, 0.6) is 0 Å². The van der Waals surface area contributed by atoms with Gasteiger partial charge in [0.15, 0.2) is 0 Å². The Balaban J connectivity index is 3.35. The molecule has 0 aromatic carbocycles. The highest BCUT2D eigenvalue weighted by molar-refractivity contribution is 8.16. The minimum absolute atomic E-state index is 0.422. The predicted octanol–water partition coefficient (Wildman–Crippen LogP) is 4.25. The van der Waals surface area contributed by atoms with Crippen LogP contribution < -0.4 is 0 Å². The third-order valence-electron chi connectivity index (χ3n) is 1.11. The van der Waals surface area contributed by atoms with E-state index >= 15 is 0 Å². The molecule has 74 valence electrons. The molecule has 0 bridgehead atoms. The molecular formula is C10H22S2. The first-order valence-electron chi connectivity index (χ1n) is 4.42. The van der Waals surface area contributed by atoms with Gasteiger partial charge in [0.25, 0.3) is 0 Å². The van der Waals surface area contributed by atoms with Crippen LogP contribution in [0.25, 0.3) is 0 Å². The van der Waals surface area contributed by atoms with Gasteiger partial charge in [0, 0.05) is 9.83 Å². The summed E-state index contributed by atoms with van der Waals surface area (Å²) in [7, 11) is 0. The Kier molecular flexibility index (Phi) is 5.08. The van der Waals surface area contributed by atoms with Crippen LogP contribution in [-0.2, 0) is 0 Å². The van der Waals surface area contributed by atoms with Crippen molar-refractivity contribution in [3.8, 4) is 0 Å². The summed E-state index contributed by atoms with van der Waals surface area (Å²) in [6, 6.07) is 0. The van der Waals surface area contributed by atoms with Gasteiger partial charge in [-0.2, -0.15) is 11.8 Å². The summed E-state index contributed by atoms with van der Waals surface area (Å²) in [5.74, 6) is 1.26. The number of thioether (sulfide) groups is 2. The highest BCUT2D eigenvalue weighted by atomic mass is 32.2. The second kappa shape index (κ2) is 4.80. The Hall–Kier alpha value is 0.700. The topological polar surface area (TPSA) is 0 Å². The Bertz CT molecular complexity index is 101. The maximum atomic E-state index is 2.29. The van der Waals surface area contributed by atoms with Crippen LogP contribution in [0.1, 0.15) is 41.5 Å². The molecule has 0 nitrogen and oxygen atoms in total. The van der Waals surface area contributed by atoms with E-state index in [0.717, 1.165) is 0 Å². The molecule has 0 aliphatic rings. The Morgan fingerprint density at radius 1 is 0.917 bits per heavy atom.